The number of para-hydroxylation sites is 1. The Labute approximate surface area is 162 Å². The summed E-state index contributed by atoms with van der Waals surface area (Å²) in [7, 11) is 0. The molecule has 4 aromatic rings. The quantitative estimate of drug-likeness (QED) is 0.513. The van der Waals surface area contributed by atoms with Gasteiger partial charge in [0.15, 0.2) is 11.0 Å². The van der Waals surface area contributed by atoms with Crippen molar-refractivity contribution < 1.29 is 4.42 Å². The summed E-state index contributed by atoms with van der Waals surface area (Å²) in [5, 5.41) is 17.5. The fourth-order valence-corrected chi connectivity index (χ4v) is 3.51. The lowest BCUT2D eigenvalue weighted by Crippen LogP contribution is -2.05. The fourth-order valence-electron chi connectivity index (χ4n) is 2.51. The molecule has 3 heterocycles. The molecule has 0 aliphatic carbocycles. The van der Waals surface area contributed by atoms with E-state index in [0.29, 0.717) is 44.8 Å². The second-order valence-corrected chi connectivity index (χ2v) is 6.89. The molecule has 0 radical (unpaired) electrons. The number of aromatic amines is 1. The molecule has 0 aliphatic heterocycles. The molecule has 27 heavy (non-hydrogen) atoms. The predicted molar refractivity (Wildman–Crippen MR) is 101 cm³/mol. The molecule has 3 aromatic heterocycles. The lowest BCUT2D eigenvalue weighted by atomic mass is 10.2. The van der Waals surface area contributed by atoms with E-state index >= 15 is 0 Å². The van der Waals surface area contributed by atoms with Gasteiger partial charge in [0.25, 0.3) is 0 Å². The zero-order valence-electron chi connectivity index (χ0n) is 14.1. The van der Waals surface area contributed by atoms with Gasteiger partial charge in [0, 0.05) is 24.8 Å². The molecule has 4 rings (SSSR count). The first-order valence-corrected chi connectivity index (χ1v) is 9.29. The molecule has 0 amide bonds. The monoisotopic (exact) mass is 400 g/mol. The van der Waals surface area contributed by atoms with Crippen molar-refractivity contribution in [2.45, 2.75) is 17.8 Å². The van der Waals surface area contributed by atoms with Gasteiger partial charge in [-0.25, -0.2) is 0 Å². The summed E-state index contributed by atoms with van der Waals surface area (Å²) in [5.74, 6) is 1.93. The number of thioether (sulfide) groups is 1. The van der Waals surface area contributed by atoms with Crippen LogP contribution in [0.25, 0.3) is 17.1 Å². The van der Waals surface area contributed by atoms with Crippen LogP contribution in [0.5, 0.6) is 0 Å². The first kappa shape index (κ1) is 17.5. The second-order valence-electron chi connectivity index (χ2n) is 5.54. The third kappa shape index (κ3) is 3.64. The molecule has 10 heteroatoms. The van der Waals surface area contributed by atoms with Gasteiger partial charge >= 0.3 is 0 Å². The summed E-state index contributed by atoms with van der Waals surface area (Å²) in [6.07, 6.45) is 1.57. The SMILES string of the molecule is Cc1nnc(CSc2nnc(-c3cc[nH]c(=O)c3)n2-c2ccccc2Cl)o1. The van der Waals surface area contributed by atoms with Crippen molar-refractivity contribution in [3.8, 4) is 17.1 Å². The highest BCUT2D eigenvalue weighted by molar-refractivity contribution is 7.98. The van der Waals surface area contributed by atoms with Gasteiger partial charge in [-0.3, -0.25) is 9.36 Å². The Morgan fingerprint density at radius 2 is 2.04 bits per heavy atom. The number of nitrogens with zero attached hydrogens (tertiary/aromatic N) is 5. The Morgan fingerprint density at radius 3 is 2.78 bits per heavy atom. The molecule has 0 saturated heterocycles. The normalized spacial score (nSPS) is 11.0. The van der Waals surface area contributed by atoms with Crippen molar-refractivity contribution in [2.24, 2.45) is 0 Å². The van der Waals surface area contributed by atoms with Crippen LogP contribution in [0.2, 0.25) is 5.02 Å². The van der Waals surface area contributed by atoms with Crippen molar-refractivity contribution in [3.05, 3.63) is 69.8 Å². The van der Waals surface area contributed by atoms with Crippen molar-refractivity contribution in [1.82, 2.24) is 29.9 Å². The molecule has 1 N–H and O–H groups in total. The maximum Gasteiger partial charge on any atom is 0.248 e. The number of rotatable bonds is 5. The summed E-state index contributed by atoms with van der Waals surface area (Å²) in [6, 6.07) is 10.6. The first-order chi connectivity index (χ1) is 13.1. The second kappa shape index (κ2) is 7.37. The third-order valence-corrected chi connectivity index (χ3v) is 4.89. The lowest BCUT2D eigenvalue weighted by molar-refractivity contribution is 0.485. The van der Waals surface area contributed by atoms with Gasteiger partial charge in [0.2, 0.25) is 17.3 Å². The molecule has 8 nitrogen and oxygen atoms in total. The molecule has 0 saturated carbocycles. The van der Waals surface area contributed by atoms with E-state index in [1.165, 1.54) is 17.8 Å². The standard InChI is InChI=1S/C17H13ClN6O2S/c1-10-20-21-15(26-10)9-27-17-23-22-16(11-6-7-19-14(25)8-11)24(17)13-5-3-2-4-12(13)18/h2-8H,9H2,1H3,(H,19,25). The number of benzene rings is 1. The highest BCUT2D eigenvalue weighted by Crippen LogP contribution is 2.32. The molecule has 136 valence electrons. The van der Waals surface area contributed by atoms with Gasteiger partial charge in [0.05, 0.1) is 16.5 Å². The maximum absolute atomic E-state index is 11.7. The number of aromatic nitrogens is 6. The van der Waals surface area contributed by atoms with Crippen LogP contribution in [-0.4, -0.2) is 29.9 Å². The summed E-state index contributed by atoms with van der Waals surface area (Å²) >= 11 is 7.79. The highest BCUT2D eigenvalue weighted by atomic mass is 35.5. The van der Waals surface area contributed by atoms with Crippen molar-refractivity contribution in [3.63, 3.8) is 0 Å². The van der Waals surface area contributed by atoms with Gasteiger partial charge in [-0.15, -0.1) is 20.4 Å². The van der Waals surface area contributed by atoms with Crippen LogP contribution < -0.4 is 5.56 Å². The van der Waals surface area contributed by atoms with Gasteiger partial charge in [-0.1, -0.05) is 35.5 Å². The summed E-state index contributed by atoms with van der Waals surface area (Å²) in [6.45, 7) is 1.73. The molecule has 0 spiro atoms. The van der Waals surface area contributed by atoms with E-state index in [4.69, 9.17) is 16.0 Å². The minimum atomic E-state index is -0.225. The average molecular weight is 401 g/mol. The first-order valence-electron chi connectivity index (χ1n) is 7.93. The van der Waals surface area contributed by atoms with E-state index in [0.717, 1.165) is 0 Å². The maximum atomic E-state index is 11.7. The number of pyridine rings is 1. The number of nitrogens with one attached hydrogen (secondary N) is 1. The van der Waals surface area contributed by atoms with Gasteiger partial charge in [-0.05, 0) is 18.2 Å². The number of halogens is 1. The van der Waals surface area contributed by atoms with Crippen LogP contribution in [0.4, 0.5) is 0 Å². The Bertz CT molecular complexity index is 1150. The van der Waals surface area contributed by atoms with Crippen LogP contribution in [-0.2, 0) is 5.75 Å². The number of H-pyrrole nitrogens is 1. The lowest BCUT2D eigenvalue weighted by Gasteiger charge is -2.11. The Balaban J connectivity index is 1.79. The predicted octanol–water partition coefficient (Wildman–Crippen LogP) is 3.26. The molecule has 0 unspecified atom stereocenters. The number of hydrogen-bond acceptors (Lipinski definition) is 7. The third-order valence-electron chi connectivity index (χ3n) is 3.65. The van der Waals surface area contributed by atoms with Crippen LogP contribution in [0, 0.1) is 6.92 Å². The summed E-state index contributed by atoms with van der Waals surface area (Å²) < 4.78 is 7.22. The highest BCUT2D eigenvalue weighted by Gasteiger charge is 2.19. The molecular weight excluding hydrogens is 388 g/mol. The Hall–Kier alpha value is -2.91. The topological polar surface area (TPSA) is 102 Å². The van der Waals surface area contributed by atoms with E-state index < -0.39 is 0 Å². The average Bonchev–Trinajstić information content (AvgIpc) is 3.26. The minimum Gasteiger partial charge on any atom is -0.425 e. The van der Waals surface area contributed by atoms with Gasteiger partial charge in [-0.2, -0.15) is 0 Å². The van der Waals surface area contributed by atoms with Crippen molar-refractivity contribution in [1.29, 1.82) is 0 Å². The van der Waals surface area contributed by atoms with Crippen molar-refractivity contribution in [2.75, 3.05) is 0 Å². The van der Waals surface area contributed by atoms with Gasteiger partial charge < -0.3 is 9.40 Å². The molecule has 1 aromatic carbocycles. The van der Waals surface area contributed by atoms with Crippen LogP contribution >= 0.6 is 23.4 Å². The number of hydrogen-bond donors (Lipinski definition) is 1. The molecule has 0 fully saturated rings. The minimum absolute atomic E-state index is 0.225. The Kier molecular flexibility index (Phi) is 4.78. The van der Waals surface area contributed by atoms with E-state index in [9.17, 15) is 4.79 Å². The molecule has 0 aliphatic rings. The summed E-state index contributed by atoms with van der Waals surface area (Å²) in [5.41, 5.74) is 1.12. The summed E-state index contributed by atoms with van der Waals surface area (Å²) in [4.78, 5) is 14.3. The molecule has 0 bridgehead atoms. The zero-order chi connectivity index (χ0) is 18.8. The van der Waals surface area contributed by atoms with Crippen molar-refractivity contribution >= 4 is 23.4 Å². The van der Waals surface area contributed by atoms with Crippen LogP contribution in [0.3, 0.4) is 0 Å². The largest absolute Gasteiger partial charge is 0.425 e. The molecule has 0 atom stereocenters. The van der Waals surface area contributed by atoms with Crippen LogP contribution in [0.1, 0.15) is 11.8 Å². The van der Waals surface area contributed by atoms with E-state index in [-0.39, 0.29) is 5.56 Å². The fraction of sp³-hybridized carbons (Fsp3) is 0.118. The number of aryl methyl sites for hydroxylation is 1. The van der Waals surface area contributed by atoms with E-state index in [2.05, 4.69) is 25.4 Å². The van der Waals surface area contributed by atoms with E-state index in [1.807, 2.05) is 22.8 Å². The van der Waals surface area contributed by atoms with Gasteiger partial charge in [0.1, 0.15) is 0 Å². The smallest absolute Gasteiger partial charge is 0.248 e. The van der Waals surface area contributed by atoms with Crippen LogP contribution in [0.15, 0.2) is 57.0 Å². The molecular formula is C17H13ClN6O2S. The zero-order valence-corrected chi connectivity index (χ0v) is 15.7. The van der Waals surface area contributed by atoms with E-state index in [1.54, 1.807) is 25.3 Å². The Morgan fingerprint density at radius 1 is 1.19 bits per heavy atom.